The van der Waals surface area contributed by atoms with Gasteiger partial charge in [0, 0.05) is 16.8 Å². The summed E-state index contributed by atoms with van der Waals surface area (Å²) in [4.78, 5) is 10.7. The molecule has 0 aromatic heterocycles. The lowest BCUT2D eigenvalue weighted by Crippen LogP contribution is -2.32. The largest absolute Gasteiger partial charge is 0.264 e. The summed E-state index contributed by atoms with van der Waals surface area (Å²) in [6.45, 7) is 2.05. The Kier molecular flexibility index (Phi) is 1.67. The van der Waals surface area contributed by atoms with Gasteiger partial charge in [-0.15, -0.1) is 0 Å². The number of nitro groups is 1. The SMILES string of the molecule is CCC1C([N+](=O)[O-])[C@@H]2C=C[C@H]1C2. The highest BCUT2D eigenvalue weighted by molar-refractivity contribution is 5.13. The molecule has 0 spiro atoms. The number of fused-ring (bicyclic) bond motifs is 2. The minimum absolute atomic E-state index is 0.0810. The number of hydrogen-bond donors (Lipinski definition) is 0. The standard InChI is InChI=1S/C9H13NO2/c1-2-8-6-3-4-7(5-6)9(8)10(11)12/h3-4,6-9H,2,5H2,1H3/t6-,7+,8?,9?/m0/s1. The molecule has 3 nitrogen and oxygen atoms in total. The van der Waals surface area contributed by atoms with Gasteiger partial charge < -0.3 is 0 Å². The Morgan fingerprint density at radius 2 is 2.17 bits per heavy atom. The maximum atomic E-state index is 10.7. The zero-order chi connectivity index (χ0) is 8.72. The van der Waals surface area contributed by atoms with Crippen LogP contribution >= 0.6 is 0 Å². The number of allylic oxidation sites excluding steroid dienone is 1. The van der Waals surface area contributed by atoms with Gasteiger partial charge in [-0.2, -0.15) is 0 Å². The lowest BCUT2D eigenvalue weighted by atomic mass is 9.87. The van der Waals surface area contributed by atoms with Crippen molar-refractivity contribution >= 4 is 0 Å². The summed E-state index contributed by atoms with van der Waals surface area (Å²) < 4.78 is 0. The average molecular weight is 167 g/mol. The molecular weight excluding hydrogens is 154 g/mol. The number of nitrogens with zero attached hydrogens (tertiary/aromatic N) is 1. The maximum Gasteiger partial charge on any atom is 0.222 e. The van der Waals surface area contributed by atoms with E-state index in [0.29, 0.717) is 11.8 Å². The average Bonchev–Trinajstić information content (AvgIpc) is 2.60. The molecule has 0 aliphatic heterocycles. The van der Waals surface area contributed by atoms with Crippen LogP contribution in [0.2, 0.25) is 0 Å². The molecule has 3 heteroatoms. The molecule has 1 fully saturated rings. The van der Waals surface area contributed by atoms with Gasteiger partial charge in [0.05, 0.1) is 0 Å². The molecule has 2 rings (SSSR count). The van der Waals surface area contributed by atoms with E-state index >= 15 is 0 Å². The molecule has 0 radical (unpaired) electrons. The van der Waals surface area contributed by atoms with Gasteiger partial charge in [0.25, 0.3) is 0 Å². The summed E-state index contributed by atoms with van der Waals surface area (Å²) in [6, 6.07) is -0.287. The quantitative estimate of drug-likeness (QED) is 0.358. The summed E-state index contributed by atoms with van der Waals surface area (Å²) >= 11 is 0. The van der Waals surface area contributed by atoms with Crippen molar-refractivity contribution in [1.29, 1.82) is 0 Å². The molecule has 0 N–H and O–H groups in total. The molecule has 0 saturated heterocycles. The molecule has 12 heavy (non-hydrogen) atoms. The molecule has 2 aliphatic carbocycles. The summed E-state index contributed by atoms with van der Waals surface area (Å²) in [6.07, 6.45) is 6.16. The topological polar surface area (TPSA) is 43.1 Å². The van der Waals surface area contributed by atoms with E-state index < -0.39 is 0 Å². The maximum absolute atomic E-state index is 10.7. The van der Waals surface area contributed by atoms with Crippen LogP contribution in [-0.4, -0.2) is 11.0 Å². The highest BCUT2D eigenvalue weighted by atomic mass is 16.6. The molecule has 4 atom stereocenters. The second-order valence-corrected chi connectivity index (χ2v) is 3.80. The first kappa shape index (κ1) is 7.77. The van der Waals surface area contributed by atoms with Crippen molar-refractivity contribution in [2.75, 3.05) is 0 Å². The first-order valence-corrected chi connectivity index (χ1v) is 4.56. The highest BCUT2D eigenvalue weighted by Crippen LogP contribution is 2.46. The van der Waals surface area contributed by atoms with Crippen molar-refractivity contribution in [1.82, 2.24) is 0 Å². The lowest BCUT2D eigenvalue weighted by Gasteiger charge is -2.19. The first-order valence-electron chi connectivity index (χ1n) is 4.56. The third kappa shape index (κ3) is 0.886. The minimum Gasteiger partial charge on any atom is -0.264 e. The Balaban J connectivity index is 2.23. The zero-order valence-corrected chi connectivity index (χ0v) is 7.14. The van der Waals surface area contributed by atoms with Gasteiger partial charge in [-0.1, -0.05) is 19.1 Å². The summed E-state index contributed by atoms with van der Waals surface area (Å²) in [7, 11) is 0. The van der Waals surface area contributed by atoms with Gasteiger partial charge in [0.1, 0.15) is 0 Å². The summed E-state index contributed by atoms with van der Waals surface area (Å²) in [5.41, 5.74) is 0. The van der Waals surface area contributed by atoms with E-state index in [1.165, 1.54) is 0 Å². The van der Waals surface area contributed by atoms with Gasteiger partial charge in [-0.25, -0.2) is 0 Å². The molecule has 0 amide bonds. The third-order valence-electron chi connectivity index (χ3n) is 3.29. The Morgan fingerprint density at radius 3 is 2.67 bits per heavy atom. The normalized spacial score (nSPS) is 43.8. The van der Waals surface area contributed by atoms with Crippen molar-refractivity contribution in [2.24, 2.45) is 17.8 Å². The highest BCUT2D eigenvalue weighted by Gasteiger charge is 2.50. The van der Waals surface area contributed by atoms with E-state index in [0.717, 1.165) is 12.8 Å². The molecule has 2 unspecified atom stereocenters. The number of hydrogen-bond acceptors (Lipinski definition) is 2. The summed E-state index contributed by atoms with van der Waals surface area (Å²) in [5, 5.41) is 10.7. The van der Waals surface area contributed by atoms with Crippen molar-refractivity contribution in [3.63, 3.8) is 0 Å². The Hall–Kier alpha value is -0.860. The molecular formula is C9H13NO2. The fourth-order valence-electron chi connectivity index (χ4n) is 2.76. The van der Waals surface area contributed by atoms with Crippen LogP contribution in [0.15, 0.2) is 12.2 Å². The van der Waals surface area contributed by atoms with E-state index in [1.54, 1.807) is 0 Å². The Morgan fingerprint density at radius 1 is 1.50 bits per heavy atom. The van der Waals surface area contributed by atoms with Gasteiger partial charge >= 0.3 is 0 Å². The van der Waals surface area contributed by atoms with Gasteiger partial charge in [-0.3, -0.25) is 10.1 Å². The molecule has 0 heterocycles. The van der Waals surface area contributed by atoms with Crippen LogP contribution in [-0.2, 0) is 0 Å². The predicted octanol–water partition coefficient (Wildman–Crippen LogP) is 1.86. The van der Waals surface area contributed by atoms with Gasteiger partial charge in [0.15, 0.2) is 0 Å². The van der Waals surface area contributed by atoms with Crippen LogP contribution in [0.1, 0.15) is 19.8 Å². The van der Waals surface area contributed by atoms with Crippen LogP contribution < -0.4 is 0 Å². The van der Waals surface area contributed by atoms with Crippen molar-refractivity contribution in [3.05, 3.63) is 22.3 Å². The van der Waals surface area contributed by atoms with Crippen LogP contribution in [0, 0.1) is 27.9 Å². The second kappa shape index (κ2) is 2.57. The summed E-state index contributed by atoms with van der Waals surface area (Å²) in [5.74, 6) is 1.03. The molecule has 0 aromatic rings. The smallest absolute Gasteiger partial charge is 0.222 e. The zero-order valence-electron chi connectivity index (χ0n) is 7.14. The second-order valence-electron chi connectivity index (χ2n) is 3.80. The number of rotatable bonds is 2. The van der Waals surface area contributed by atoms with Gasteiger partial charge in [0.2, 0.25) is 6.04 Å². The fourth-order valence-corrected chi connectivity index (χ4v) is 2.76. The lowest BCUT2D eigenvalue weighted by molar-refractivity contribution is -0.535. The predicted molar refractivity (Wildman–Crippen MR) is 45.3 cm³/mol. The molecule has 2 bridgehead atoms. The van der Waals surface area contributed by atoms with Crippen LogP contribution in [0.5, 0.6) is 0 Å². The molecule has 66 valence electrons. The third-order valence-corrected chi connectivity index (χ3v) is 3.29. The molecule has 2 aliphatic rings. The van der Waals surface area contributed by atoms with Crippen molar-refractivity contribution < 1.29 is 4.92 Å². The van der Waals surface area contributed by atoms with E-state index in [1.807, 2.05) is 6.08 Å². The molecule has 0 aromatic carbocycles. The van der Waals surface area contributed by atoms with Crippen LogP contribution in [0.25, 0.3) is 0 Å². The van der Waals surface area contributed by atoms with E-state index in [4.69, 9.17) is 0 Å². The Labute approximate surface area is 71.6 Å². The van der Waals surface area contributed by atoms with Crippen molar-refractivity contribution in [3.8, 4) is 0 Å². The monoisotopic (exact) mass is 167 g/mol. The van der Waals surface area contributed by atoms with E-state index in [-0.39, 0.29) is 16.9 Å². The van der Waals surface area contributed by atoms with Gasteiger partial charge in [-0.05, 0) is 18.8 Å². The fraction of sp³-hybridized carbons (Fsp3) is 0.778. The Bertz CT molecular complexity index is 237. The minimum atomic E-state index is -0.287. The first-order chi connectivity index (χ1) is 5.74. The van der Waals surface area contributed by atoms with E-state index in [2.05, 4.69) is 13.0 Å². The van der Waals surface area contributed by atoms with Crippen LogP contribution in [0.4, 0.5) is 0 Å². The van der Waals surface area contributed by atoms with E-state index in [9.17, 15) is 10.1 Å². The molecule has 1 saturated carbocycles. The van der Waals surface area contributed by atoms with Crippen molar-refractivity contribution in [2.45, 2.75) is 25.8 Å². The van der Waals surface area contributed by atoms with Crippen LogP contribution in [0.3, 0.4) is 0 Å².